The first kappa shape index (κ1) is 13.8. The van der Waals surface area contributed by atoms with Crippen molar-refractivity contribution >= 4 is 6.21 Å². The molecule has 0 radical (unpaired) electrons. The maximum Gasteiger partial charge on any atom is 0.0562 e. The number of rotatable bonds is 0. The summed E-state index contributed by atoms with van der Waals surface area (Å²) in [6.07, 6.45) is 14.6. The van der Waals surface area contributed by atoms with E-state index in [1.807, 2.05) is 6.21 Å². The van der Waals surface area contributed by atoms with Gasteiger partial charge in [0.1, 0.15) is 0 Å². The van der Waals surface area contributed by atoms with Crippen molar-refractivity contribution in [3.8, 4) is 0 Å². The van der Waals surface area contributed by atoms with E-state index in [-0.39, 0.29) is 0 Å². The molecule has 102 valence electrons. The van der Waals surface area contributed by atoms with E-state index in [0.29, 0.717) is 22.8 Å². The molecule has 0 bridgehead atoms. The second-order valence-corrected chi connectivity index (χ2v) is 7.51. The quantitative estimate of drug-likeness (QED) is 0.570. The Morgan fingerprint density at radius 2 is 1.89 bits per heavy atom. The summed E-state index contributed by atoms with van der Waals surface area (Å²) >= 11 is 0. The minimum absolute atomic E-state index is 0.404. The van der Waals surface area contributed by atoms with Gasteiger partial charge in [0.2, 0.25) is 0 Å². The summed E-state index contributed by atoms with van der Waals surface area (Å²) in [4.78, 5) is 4.73. The average molecular weight is 247 g/mol. The second kappa shape index (κ2) is 5.19. The van der Waals surface area contributed by atoms with Gasteiger partial charge in [0.15, 0.2) is 0 Å². The molecule has 18 heavy (non-hydrogen) atoms. The molecule has 0 saturated heterocycles. The molecule has 0 aromatic carbocycles. The summed E-state index contributed by atoms with van der Waals surface area (Å²) in [7, 11) is 0. The second-order valence-electron chi connectivity index (χ2n) is 7.51. The van der Waals surface area contributed by atoms with Crippen LogP contribution in [0.1, 0.15) is 66.2 Å². The molecule has 1 saturated carbocycles. The van der Waals surface area contributed by atoms with Crippen LogP contribution < -0.4 is 0 Å². The monoisotopic (exact) mass is 247 g/mol. The third-order valence-corrected chi connectivity index (χ3v) is 5.53. The van der Waals surface area contributed by atoms with Crippen molar-refractivity contribution in [1.82, 2.24) is 0 Å². The van der Waals surface area contributed by atoms with Gasteiger partial charge < -0.3 is 0 Å². The maximum atomic E-state index is 4.73. The fourth-order valence-corrected chi connectivity index (χ4v) is 3.41. The van der Waals surface area contributed by atoms with Crippen molar-refractivity contribution in [2.75, 3.05) is 0 Å². The van der Waals surface area contributed by atoms with Gasteiger partial charge in [-0.25, -0.2) is 0 Å². The number of hydrogen-bond acceptors (Lipinski definition) is 1. The molecule has 3 unspecified atom stereocenters. The smallest absolute Gasteiger partial charge is 0.0562 e. The van der Waals surface area contributed by atoms with E-state index in [2.05, 4.69) is 39.8 Å². The lowest BCUT2D eigenvalue weighted by Crippen LogP contribution is -2.33. The topological polar surface area (TPSA) is 12.4 Å². The first-order chi connectivity index (χ1) is 8.42. The minimum atomic E-state index is 0.404. The number of aliphatic imine (C=N–C) groups is 1. The van der Waals surface area contributed by atoms with Gasteiger partial charge in [-0.05, 0) is 48.5 Å². The van der Waals surface area contributed by atoms with Crippen LogP contribution in [-0.4, -0.2) is 12.3 Å². The Morgan fingerprint density at radius 3 is 2.61 bits per heavy atom. The van der Waals surface area contributed by atoms with Crippen LogP contribution in [0.4, 0.5) is 0 Å². The minimum Gasteiger partial charge on any atom is -0.289 e. The fourth-order valence-electron chi connectivity index (χ4n) is 3.41. The zero-order chi connectivity index (χ0) is 13.2. The summed E-state index contributed by atoms with van der Waals surface area (Å²) in [6.45, 7) is 9.72. The van der Waals surface area contributed by atoms with Gasteiger partial charge in [0, 0.05) is 6.21 Å². The highest BCUT2D eigenvalue weighted by Gasteiger charge is 2.38. The number of allylic oxidation sites excluding steroid dienone is 1. The number of nitrogens with zero attached hydrogens (tertiary/aromatic N) is 1. The third-order valence-electron chi connectivity index (χ3n) is 5.53. The van der Waals surface area contributed by atoms with Gasteiger partial charge in [-0.1, -0.05) is 46.6 Å². The molecule has 1 aliphatic heterocycles. The van der Waals surface area contributed by atoms with Crippen molar-refractivity contribution in [2.45, 2.75) is 72.3 Å². The van der Waals surface area contributed by atoms with Gasteiger partial charge in [-0.3, -0.25) is 4.99 Å². The molecule has 0 aromatic heterocycles. The predicted molar refractivity (Wildman–Crippen MR) is 80.2 cm³/mol. The molecule has 3 atom stereocenters. The van der Waals surface area contributed by atoms with Gasteiger partial charge >= 0.3 is 0 Å². The summed E-state index contributed by atoms with van der Waals surface area (Å²) < 4.78 is 0. The van der Waals surface area contributed by atoms with Gasteiger partial charge in [0.05, 0.1) is 6.04 Å². The Morgan fingerprint density at radius 1 is 1.11 bits per heavy atom. The van der Waals surface area contributed by atoms with Crippen molar-refractivity contribution < 1.29 is 0 Å². The molecule has 0 spiro atoms. The van der Waals surface area contributed by atoms with E-state index in [4.69, 9.17) is 4.99 Å². The zero-order valence-corrected chi connectivity index (χ0v) is 12.6. The number of fused-ring (bicyclic) bond motifs is 1. The Labute approximate surface area is 113 Å². The summed E-state index contributed by atoms with van der Waals surface area (Å²) in [5, 5.41) is 0. The van der Waals surface area contributed by atoms with E-state index in [0.717, 1.165) is 0 Å². The van der Waals surface area contributed by atoms with Crippen LogP contribution in [0.3, 0.4) is 0 Å². The molecule has 1 heterocycles. The van der Waals surface area contributed by atoms with Crippen LogP contribution in [0.15, 0.2) is 17.1 Å². The Hall–Kier alpha value is -0.590. The molecular formula is C17H29N. The molecule has 1 fully saturated rings. The van der Waals surface area contributed by atoms with Gasteiger partial charge in [-0.15, -0.1) is 0 Å². The van der Waals surface area contributed by atoms with Crippen molar-refractivity contribution in [2.24, 2.45) is 21.7 Å². The highest BCUT2D eigenvalue weighted by Crippen LogP contribution is 2.48. The lowest BCUT2D eigenvalue weighted by atomic mass is 9.63. The first-order valence-corrected chi connectivity index (χ1v) is 7.62. The zero-order valence-electron chi connectivity index (χ0n) is 12.6. The summed E-state index contributed by atoms with van der Waals surface area (Å²) in [5.74, 6) is 0.706. The highest BCUT2D eigenvalue weighted by atomic mass is 14.8. The Balaban J connectivity index is 2.12. The molecule has 0 amide bonds. The van der Waals surface area contributed by atoms with E-state index >= 15 is 0 Å². The van der Waals surface area contributed by atoms with Crippen molar-refractivity contribution in [1.29, 1.82) is 0 Å². The average Bonchev–Trinajstić information content (AvgIpc) is 2.39. The molecule has 1 nitrogen and oxygen atoms in total. The third kappa shape index (κ3) is 2.87. The molecule has 1 aliphatic carbocycles. The predicted octanol–water partition coefficient (Wildman–Crippen LogP) is 5.02. The summed E-state index contributed by atoms with van der Waals surface area (Å²) in [5.41, 5.74) is 0.875. The first-order valence-electron chi connectivity index (χ1n) is 7.62. The largest absolute Gasteiger partial charge is 0.289 e. The van der Waals surface area contributed by atoms with E-state index in [9.17, 15) is 0 Å². The van der Waals surface area contributed by atoms with Crippen molar-refractivity contribution in [3.63, 3.8) is 0 Å². The van der Waals surface area contributed by atoms with Crippen LogP contribution >= 0.6 is 0 Å². The van der Waals surface area contributed by atoms with Crippen molar-refractivity contribution in [3.05, 3.63) is 12.2 Å². The Kier molecular flexibility index (Phi) is 3.99. The molecule has 0 aromatic rings. The fraction of sp³-hybridized carbons (Fsp3) is 0.824. The molecule has 2 rings (SSSR count). The van der Waals surface area contributed by atoms with Gasteiger partial charge in [-0.2, -0.15) is 0 Å². The number of dihydropyridines is 1. The van der Waals surface area contributed by atoms with E-state index in [1.165, 1.54) is 38.5 Å². The molecule has 0 N–H and O–H groups in total. The summed E-state index contributed by atoms with van der Waals surface area (Å²) in [6, 6.07) is 0.551. The highest BCUT2D eigenvalue weighted by molar-refractivity contribution is 5.72. The van der Waals surface area contributed by atoms with E-state index in [1.54, 1.807) is 0 Å². The van der Waals surface area contributed by atoms with Crippen LogP contribution in [0, 0.1) is 16.7 Å². The molecule has 2 aliphatic rings. The van der Waals surface area contributed by atoms with Crippen LogP contribution in [0.2, 0.25) is 0 Å². The normalized spacial score (nSPS) is 37.6. The van der Waals surface area contributed by atoms with Crippen LogP contribution in [0.5, 0.6) is 0 Å². The maximum absolute atomic E-state index is 4.73. The van der Waals surface area contributed by atoms with Crippen LogP contribution in [0.25, 0.3) is 0 Å². The van der Waals surface area contributed by atoms with Crippen LogP contribution in [-0.2, 0) is 0 Å². The molecular weight excluding hydrogens is 218 g/mol. The standard InChI is InChI=1S/C17H29N/c1-16(2,3)17(4)11-6-5-8-14-9-7-13-18-15(14)10-12-17/h7,9,13-15H,5-6,8,10-12H2,1-4H3. The SMILES string of the molecule is CC(C)(C)C1(C)CCCCC2C=CC=NC2CC1. The van der Waals surface area contributed by atoms with E-state index < -0.39 is 0 Å². The Bertz CT molecular complexity index is 334. The lowest BCUT2D eigenvalue weighted by molar-refractivity contribution is 0.0786. The lowest BCUT2D eigenvalue weighted by Gasteiger charge is -2.43. The molecule has 1 heteroatoms. The number of hydrogen-bond donors (Lipinski definition) is 0. The van der Waals surface area contributed by atoms with Gasteiger partial charge in [0.25, 0.3) is 0 Å².